The zero-order valence-corrected chi connectivity index (χ0v) is 20.3. The molecule has 186 valence electrons. The first kappa shape index (κ1) is 24.8. The number of carbonyl (C=O) groups is 3. The van der Waals surface area contributed by atoms with Gasteiger partial charge in [0.05, 0.1) is 13.2 Å². The third kappa shape index (κ3) is 5.64. The zero-order chi connectivity index (χ0) is 24.3. The van der Waals surface area contributed by atoms with Crippen molar-refractivity contribution in [2.45, 2.75) is 44.2 Å². The monoisotopic (exact) mass is 492 g/mol. The number of nitrogens with zero attached hydrogens (tertiary/aromatic N) is 3. The third-order valence-corrected chi connectivity index (χ3v) is 7.65. The van der Waals surface area contributed by atoms with Gasteiger partial charge in [0.2, 0.25) is 5.91 Å². The molecule has 2 heterocycles. The Morgan fingerprint density at radius 1 is 1.24 bits per heavy atom. The maximum Gasteiger partial charge on any atom is 0.328 e. The summed E-state index contributed by atoms with van der Waals surface area (Å²) in [7, 11) is 1.32. The van der Waals surface area contributed by atoms with Crippen molar-refractivity contribution in [3.8, 4) is 0 Å². The summed E-state index contributed by atoms with van der Waals surface area (Å²) in [6.07, 6.45) is 3.38. The lowest BCUT2D eigenvalue weighted by atomic mass is 9.90. The highest BCUT2D eigenvalue weighted by atomic mass is 35.5. The fraction of sp³-hybridized carbons (Fsp3) is 0.625. The molecule has 1 aromatic rings. The van der Waals surface area contributed by atoms with E-state index in [1.165, 1.54) is 7.11 Å². The van der Waals surface area contributed by atoms with Crippen LogP contribution in [0, 0.1) is 5.41 Å². The predicted molar refractivity (Wildman–Crippen MR) is 128 cm³/mol. The smallest absolute Gasteiger partial charge is 0.328 e. The number of carbonyl (C=O) groups excluding carboxylic acids is 3. The largest absolute Gasteiger partial charge is 0.467 e. The van der Waals surface area contributed by atoms with E-state index < -0.39 is 12.0 Å². The summed E-state index contributed by atoms with van der Waals surface area (Å²) in [5.74, 6) is -0.634. The van der Waals surface area contributed by atoms with Gasteiger partial charge in [0.25, 0.3) is 0 Å². The molecule has 0 unspecified atom stereocenters. The van der Waals surface area contributed by atoms with Crippen molar-refractivity contribution in [2.24, 2.45) is 5.41 Å². The van der Waals surface area contributed by atoms with Crippen LogP contribution in [-0.4, -0.2) is 96.2 Å². The number of aliphatic hydroxyl groups is 1. The maximum absolute atomic E-state index is 12.9. The molecule has 1 saturated carbocycles. The highest BCUT2D eigenvalue weighted by molar-refractivity contribution is 6.30. The number of amides is 3. The van der Waals surface area contributed by atoms with Crippen molar-refractivity contribution in [3.63, 3.8) is 0 Å². The topological polar surface area (TPSA) is 102 Å². The average Bonchev–Trinajstić information content (AvgIpc) is 3.62. The first-order valence-corrected chi connectivity index (χ1v) is 12.3. The minimum Gasteiger partial charge on any atom is -0.467 e. The van der Waals surface area contributed by atoms with Crippen LogP contribution < -0.4 is 5.32 Å². The van der Waals surface area contributed by atoms with Gasteiger partial charge in [0.1, 0.15) is 6.04 Å². The van der Waals surface area contributed by atoms with E-state index in [2.05, 4.69) is 10.2 Å². The van der Waals surface area contributed by atoms with E-state index in [9.17, 15) is 19.5 Å². The molecule has 34 heavy (non-hydrogen) atoms. The number of anilines is 1. The summed E-state index contributed by atoms with van der Waals surface area (Å²) in [4.78, 5) is 43.6. The molecule has 2 atom stereocenters. The van der Waals surface area contributed by atoms with E-state index in [4.69, 9.17) is 16.3 Å². The zero-order valence-electron chi connectivity index (χ0n) is 19.5. The van der Waals surface area contributed by atoms with Crippen LogP contribution in [0.5, 0.6) is 0 Å². The number of likely N-dealkylation sites (tertiary alicyclic amines) is 1. The fourth-order valence-electron chi connectivity index (χ4n) is 5.01. The van der Waals surface area contributed by atoms with Gasteiger partial charge in [-0.2, -0.15) is 0 Å². The molecule has 2 saturated heterocycles. The van der Waals surface area contributed by atoms with Crippen LogP contribution in [0.1, 0.15) is 32.1 Å². The third-order valence-electron chi connectivity index (χ3n) is 7.41. The lowest BCUT2D eigenvalue weighted by Crippen LogP contribution is -2.50. The lowest BCUT2D eigenvalue weighted by Gasteiger charge is -2.37. The average molecular weight is 493 g/mol. The predicted octanol–water partition coefficient (Wildman–Crippen LogP) is 2.18. The second-order valence-corrected chi connectivity index (χ2v) is 9.96. The molecule has 0 aromatic heterocycles. The number of ether oxygens (including phenoxy) is 1. The summed E-state index contributed by atoms with van der Waals surface area (Å²) in [6, 6.07) is 5.84. The van der Waals surface area contributed by atoms with E-state index >= 15 is 0 Å². The number of esters is 1. The van der Waals surface area contributed by atoms with Crippen molar-refractivity contribution in [1.29, 1.82) is 0 Å². The number of rotatable bonds is 6. The number of piperidine rings is 1. The Kier molecular flexibility index (Phi) is 7.64. The molecule has 1 spiro atoms. The summed E-state index contributed by atoms with van der Waals surface area (Å²) in [6.45, 7) is 2.88. The van der Waals surface area contributed by atoms with E-state index in [-0.39, 0.29) is 43.0 Å². The molecule has 0 bridgehead atoms. The van der Waals surface area contributed by atoms with Crippen LogP contribution in [0.25, 0.3) is 0 Å². The van der Waals surface area contributed by atoms with Gasteiger partial charge in [-0.1, -0.05) is 17.7 Å². The number of aliphatic hydroxyl groups excluding tert-OH is 1. The van der Waals surface area contributed by atoms with Crippen molar-refractivity contribution >= 4 is 35.2 Å². The fourth-order valence-corrected chi connectivity index (χ4v) is 5.20. The molecule has 4 rings (SSSR count). The summed E-state index contributed by atoms with van der Waals surface area (Å²) in [5.41, 5.74) is 0.697. The van der Waals surface area contributed by atoms with Gasteiger partial charge in [-0.25, -0.2) is 9.59 Å². The van der Waals surface area contributed by atoms with Gasteiger partial charge >= 0.3 is 12.0 Å². The van der Waals surface area contributed by atoms with Gasteiger partial charge in [-0.05, 0) is 55.8 Å². The summed E-state index contributed by atoms with van der Waals surface area (Å²) >= 11 is 5.99. The Morgan fingerprint density at radius 3 is 2.71 bits per heavy atom. The van der Waals surface area contributed by atoms with Gasteiger partial charge < -0.3 is 29.9 Å². The minimum absolute atomic E-state index is 0.119. The maximum atomic E-state index is 12.9. The molecule has 9 nitrogen and oxygen atoms in total. The standard InChI is InChI=1S/C24H33ClN4O5/c1-34-22(32)19(5-10-27-12-9-24(7-8-24)20(30)16-27)29-14-13-28(11-6-21(29)31)23(33)26-18-4-2-3-17(25)15-18/h2-4,15,19-20,30H,5-14,16H2,1H3,(H,26,33)/t19-,20+/m0/s1. The highest BCUT2D eigenvalue weighted by Crippen LogP contribution is 2.53. The van der Waals surface area contributed by atoms with Crippen LogP contribution >= 0.6 is 11.6 Å². The molecule has 1 aromatic carbocycles. The number of hydrogen-bond donors (Lipinski definition) is 2. The van der Waals surface area contributed by atoms with Crippen LogP contribution in [0.4, 0.5) is 10.5 Å². The molecule has 10 heteroatoms. The number of benzene rings is 1. The molecule has 3 aliphatic rings. The van der Waals surface area contributed by atoms with Gasteiger partial charge in [0.15, 0.2) is 0 Å². The molecular formula is C24H33ClN4O5. The van der Waals surface area contributed by atoms with Crippen molar-refractivity contribution in [2.75, 3.05) is 51.7 Å². The molecule has 2 N–H and O–H groups in total. The number of nitrogens with one attached hydrogen (secondary N) is 1. The SMILES string of the molecule is COC(=O)[C@H](CCN1CCC2(CC2)[C@H](O)C1)N1CCN(C(=O)Nc2cccc(Cl)c2)CCC1=O. The molecule has 0 radical (unpaired) electrons. The highest BCUT2D eigenvalue weighted by Gasteiger charge is 2.51. The Bertz CT molecular complexity index is 924. The molecule has 2 aliphatic heterocycles. The second kappa shape index (κ2) is 10.5. The van der Waals surface area contributed by atoms with Crippen LogP contribution in [0.15, 0.2) is 24.3 Å². The number of methoxy groups -OCH3 is 1. The van der Waals surface area contributed by atoms with Crippen molar-refractivity contribution in [1.82, 2.24) is 14.7 Å². The van der Waals surface area contributed by atoms with E-state index in [0.29, 0.717) is 36.8 Å². The Hall–Kier alpha value is -2.36. The van der Waals surface area contributed by atoms with Gasteiger partial charge in [-0.3, -0.25) is 4.79 Å². The van der Waals surface area contributed by atoms with Crippen molar-refractivity contribution in [3.05, 3.63) is 29.3 Å². The summed E-state index contributed by atoms with van der Waals surface area (Å²) < 4.78 is 5.02. The Labute approximate surface area is 205 Å². The van der Waals surface area contributed by atoms with Gasteiger partial charge in [-0.15, -0.1) is 0 Å². The lowest BCUT2D eigenvalue weighted by molar-refractivity contribution is -0.153. The molecule has 1 aliphatic carbocycles. The van der Waals surface area contributed by atoms with Crippen molar-refractivity contribution < 1.29 is 24.2 Å². The first-order chi connectivity index (χ1) is 16.3. The first-order valence-electron chi connectivity index (χ1n) is 11.9. The molecule has 3 fully saturated rings. The van der Waals surface area contributed by atoms with E-state index in [1.54, 1.807) is 34.1 Å². The summed E-state index contributed by atoms with van der Waals surface area (Å²) in [5, 5.41) is 13.8. The number of hydrogen-bond acceptors (Lipinski definition) is 6. The van der Waals surface area contributed by atoms with E-state index in [0.717, 1.165) is 25.8 Å². The quantitative estimate of drug-likeness (QED) is 0.590. The number of urea groups is 1. The van der Waals surface area contributed by atoms with Crippen LogP contribution in [0.3, 0.4) is 0 Å². The number of halogens is 1. The van der Waals surface area contributed by atoms with Crippen LogP contribution in [-0.2, 0) is 14.3 Å². The molecular weight excluding hydrogens is 460 g/mol. The van der Waals surface area contributed by atoms with E-state index in [1.807, 2.05) is 0 Å². The van der Waals surface area contributed by atoms with Gasteiger partial charge in [0, 0.05) is 49.9 Å². The molecule has 3 amide bonds. The Morgan fingerprint density at radius 2 is 2.03 bits per heavy atom. The van der Waals surface area contributed by atoms with Crippen LogP contribution in [0.2, 0.25) is 5.02 Å². The normalized spacial score (nSPS) is 23.4. The Balaban J connectivity index is 1.35. The number of β-amino-alcohol motifs (C(OH)–C–C–N with tert-alkyl or cyclic N) is 1. The minimum atomic E-state index is -0.720. The second-order valence-electron chi connectivity index (χ2n) is 9.52.